The van der Waals surface area contributed by atoms with E-state index in [1.54, 1.807) is 13.1 Å². The third-order valence-electron chi connectivity index (χ3n) is 5.30. The average molecular weight is 390 g/mol. The largest absolute Gasteiger partial charge is 0.490 e. The fourth-order valence-corrected chi connectivity index (χ4v) is 3.85. The molecule has 1 heterocycles. The van der Waals surface area contributed by atoms with Crippen LogP contribution in [-0.4, -0.2) is 23.0 Å². The molecule has 0 unspecified atom stereocenters. The lowest BCUT2D eigenvalue weighted by Crippen LogP contribution is -2.38. The van der Waals surface area contributed by atoms with Crippen LogP contribution in [0, 0.1) is 0 Å². The topological polar surface area (TPSA) is 60.5 Å². The van der Waals surface area contributed by atoms with E-state index in [9.17, 15) is 4.79 Å². The van der Waals surface area contributed by atoms with Crippen molar-refractivity contribution in [1.29, 1.82) is 0 Å². The van der Waals surface area contributed by atoms with E-state index in [2.05, 4.69) is 10.3 Å². The second-order valence-electron chi connectivity index (χ2n) is 7.57. The van der Waals surface area contributed by atoms with E-state index in [1.807, 2.05) is 54.6 Å². The summed E-state index contributed by atoms with van der Waals surface area (Å²) in [6.45, 7) is 2.06. The standard InChI is InChI=1S/C24H26N2O3/c1-17(27)26-20-7-9-21(10-8-20)29-22-11-12-23-19(15-22)13-14-25-24(23)28-16-18-5-3-2-4-6-18/h2-6,11-15,20-21H,7-10,16H2,1H3,(H,26,27). The number of hydrogen-bond acceptors (Lipinski definition) is 4. The van der Waals surface area contributed by atoms with Gasteiger partial charge in [-0.25, -0.2) is 4.98 Å². The van der Waals surface area contributed by atoms with Crippen LogP contribution in [0.3, 0.4) is 0 Å². The Morgan fingerprint density at radius 3 is 2.62 bits per heavy atom. The first kappa shape index (κ1) is 19.2. The quantitative estimate of drug-likeness (QED) is 0.666. The zero-order valence-electron chi connectivity index (χ0n) is 16.6. The van der Waals surface area contributed by atoms with Gasteiger partial charge in [-0.2, -0.15) is 0 Å². The van der Waals surface area contributed by atoms with Gasteiger partial charge in [0.15, 0.2) is 0 Å². The number of fused-ring (bicyclic) bond motifs is 1. The second-order valence-corrected chi connectivity index (χ2v) is 7.57. The fourth-order valence-electron chi connectivity index (χ4n) is 3.85. The monoisotopic (exact) mass is 390 g/mol. The maximum atomic E-state index is 11.2. The van der Waals surface area contributed by atoms with Gasteiger partial charge in [0.05, 0.1) is 6.10 Å². The summed E-state index contributed by atoms with van der Waals surface area (Å²) in [7, 11) is 0. The van der Waals surface area contributed by atoms with Crippen molar-refractivity contribution in [3.8, 4) is 11.6 Å². The number of rotatable bonds is 6. The van der Waals surface area contributed by atoms with Gasteiger partial charge < -0.3 is 14.8 Å². The molecule has 1 amide bonds. The summed E-state index contributed by atoms with van der Waals surface area (Å²) < 4.78 is 12.2. The Morgan fingerprint density at radius 1 is 1.07 bits per heavy atom. The van der Waals surface area contributed by atoms with E-state index in [0.717, 1.165) is 47.8 Å². The molecule has 0 bridgehead atoms. The number of carbonyl (C=O) groups excluding carboxylic acids is 1. The minimum absolute atomic E-state index is 0.0443. The third kappa shape index (κ3) is 5.05. The van der Waals surface area contributed by atoms with Gasteiger partial charge in [0.1, 0.15) is 12.4 Å². The summed E-state index contributed by atoms with van der Waals surface area (Å²) in [5.41, 5.74) is 1.11. The molecule has 1 aromatic heterocycles. The molecule has 0 spiro atoms. The molecule has 0 radical (unpaired) electrons. The number of pyridine rings is 1. The van der Waals surface area contributed by atoms with Crippen LogP contribution < -0.4 is 14.8 Å². The summed E-state index contributed by atoms with van der Waals surface area (Å²) in [5.74, 6) is 1.54. The van der Waals surface area contributed by atoms with E-state index < -0.39 is 0 Å². The molecule has 0 aliphatic heterocycles. The number of amides is 1. The summed E-state index contributed by atoms with van der Waals surface area (Å²) in [6, 6.07) is 18.4. The molecule has 1 aliphatic rings. The smallest absolute Gasteiger partial charge is 0.221 e. The lowest BCUT2D eigenvalue weighted by molar-refractivity contribution is -0.120. The van der Waals surface area contributed by atoms with Crippen LogP contribution in [0.25, 0.3) is 10.8 Å². The number of carbonyl (C=O) groups is 1. The maximum absolute atomic E-state index is 11.2. The molecule has 1 saturated carbocycles. The first-order valence-corrected chi connectivity index (χ1v) is 10.2. The molecule has 0 atom stereocenters. The summed E-state index contributed by atoms with van der Waals surface area (Å²) in [6.07, 6.45) is 5.77. The number of benzene rings is 2. The van der Waals surface area contributed by atoms with E-state index in [4.69, 9.17) is 9.47 Å². The number of nitrogens with one attached hydrogen (secondary N) is 1. The van der Waals surface area contributed by atoms with Crippen molar-refractivity contribution in [2.75, 3.05) is 0 Å². The number of ether oxygens (including phenoxy) is 2. The van der Waals surface area contributed by atoms with E-state index in [1.165, 1.54) is 0 Å². The van der Waals surface area contributed by atoms with Crippen molar-refractivity contribution < 1.29 is 14.3 Å². The number of nitrogens with zero attached hydrogens (tertiary/aromatic N) is 1. The van der Waals surface area contributed by atoms with Crippen LogP contribution in [0.15, 0.2) is 60.8 Å². The van der Waals surface area contributed by atoms with Crippen LogP contribution in [-0.2, 0) is 11.4 Å². The Balaban J connectivity index is 1.40. The molecular formula is C24H26N2O3. The highest BCUT2D eigenvalue weighted by molar-refractivity contribution is 5.87. The van der Waals surface area contributed by atoms with Crippen LogP contribution in [0.2, 0.25) is 0 Å². The van der Waals surface area contributed by atoms with Gasteiger partial charge in [-0.3, -0.25) is 4.79 Å². The zero-order chi connectivity index (χ0) is 20.1. The molecule has 5 heteroatoms. The highest BCUT2D eigenvalue weighted by Gasteiger charge is 2.23. The van der Waals surface area contributed by atoms with Gasteiger partial charge in [-0.05, 0) is 60.9 Å². The van der Waals surface area contributed by atoms with Crippen LogP contribution >= 0.6 is 0 Å². The van der Waals surface area contributed by atoms with Crippen molar-refractivity contribution >= 4 is 16.7 Å². The van der Waals surface area contributed by atoms with E-state index >= 15 is 0 Å². The van der Waals surface area contributed by atoms with Crippen molar-refractivity contribution in [3.63, 3.8) is 0 Å². The van der Waals surface area contributed by atoms with Gasteiger partial charge in [0, 0.05) is 24.5 Å². The molecule has 1 fully saturated rings. The molecule has 2 aromatic carbocycles. The third-order valence-corrected chi connectivity index (χ3v) is 5.30. The Kier molecular flexibility index (Phi) is 5.94. The van der Waals surface area contributed by atoms with Gasteiger partial charge in [0.2, 0.25) is 11.8 Å². The predicted octanol–water partition coefficient (Wildman–Crippen LogP) is 4.64. The van der Waals surface area contributed by atoms with E-state index in [0.29, 0.717) is 12.5 Å². The molecule has 150 valence electrons. The van der Waals surface area contributed by atoms with E-state index in [-0.39, 0.29) is 18.1 Å². The lowest BCUT2D eigenvalue weighted by atomic mass is 9.93. The normalized spacial score (nSPS) is 18.9. The number of aromatic nitrogens is 1. The molecule has 0 saturated heterocycles. The first-order chi connectivity index (χ1) is 14.2. The first-order valence-electron chi connectivity index (χ1n) is 10.2. The molecule has 1 N–H and O–H groups in total. The van der Waals surface area contributed by atoms with Crippen LogP contribution in [0.4, 0.5) is 0 Å². The zero-order valence-corrected chi connectivity index (χ0v) is 16.6. The van der Waals surface area contributed by atoms with Gasteiger partial charge in [0.25, 0.3) is 0 Å². The molecule has 4 rings (SSSR count). The van der Waals surface area contributed by atoms with Crippen molar-refractivity contribution in [1.82, 2.24) is 10.3 Å². The Hall–Kier alpha value is -3.08. The van der Waals surface area contributed by atoms with Crippen LogP contribution in [0.5, 0.6) is 11.6 Å². The summed E-state index contributed by atoms with van der Waals surface area (Å²) in [5, 5.41) is 5.03. The second kappa shape index (κ2) is 8.95. The fraction of sp³-hybridized carbons (Fsp3) is 0.333. The van der Waals surface area contributed by atoms with Crippen LogP contribution in [0.1, 0.15) is 38.2 Å². The predicted molar refractivity (Wildman–Crippen MR) is 113 cm³/mol. The minimum atomic E-state index is 0.0443. The average Bonchev–Trinajstić information content (AvgIpc) is 2.74. The highest BCUT2D eigenvalue weighted by Crippen LogP contribution is 2.30. The lowest BCUT2D eigenvalue weighted by Gasteiger charge is -2.29. The van der Waals surface area contributed by atoms with Crippen molar-refractivity contribution in [3.05, 3.63) is 66.4 Å². The molecule has 1 aliphatic carbocycles. The summed E-state index contributed by atoms with van der Waals surface area (Å²) >= 11 is 0. The van der Waals surface area contributed by atoms with Gasteiger partial charge >= 0.3 is 0 Å². The minimum Gasteiger partial charge on any atom is -0.490 e. The molecule has 3 aromatic rings. The number of hydrogen-bond donors (Lipinski definition) is 1. The SMILES string of the molecule is CC(=O)NC1CCC(Oc2ccc3c(OCc4ccccc4)nccc3c2)CC1. The Bertz CT molecular complexity index is 966. The van der Waals surface area contributed by atoms with Crippen molar-refractivity contribution in [2.24, 2.45) is 0 Å². The molecular weight excluding hydrogens is 364 g/mol. The Morgan fingerprint density at radius 2 is 1.86 bits per heavy atom. The van der Waals surface area contributed by atoms with Gasteiger partial charge in [-0.15, -0.1) is 0 Å². The highest BCUT2D eigenvalue weighted by atomic mass is 16.5. The van der Waals surface area contributed by atoms with Gasteiger partial charge in [-0.1, -0.05) is 30.3 Å². The summed E-state index contributed by atoms with van der Waals surface area (Å²) in [4.78, 5) is 15.6. The Labute approximate surface area is 171 Å². The molecule has 29 heavy (non-hydrogen) atoms. The van der Waals surface area contributed by atoms with Crippen molar-refractivity contribution in [2.45, 2.75) is 51.4 Å². The molecule has 5 nitrogen and oxygen atoms in total. The maximum Gasteiger partial charge on any atom is 0.221 e.